The molecule has 0 aliphatic rings. The van der Waals surface area contributed by atoms with Gasteiger partial charge in [-0.25, -0.2) is 0 Å². The van der Waals surface area contributed by atoms with Gasteiger partial charge < -0.3 is 15.2 Å². The number of nitrogens with one attached hydrogen (secondary N) is 1. The summed E-state index contributed by atoms with van der Waals surface area (Å²) in [6.07, 6.45) is 0. The third-order valence-electron chi connectivity index (χ3n) is 3.32. The Morgan fingerprint density at radius 1 is 1.00 bits per heavy atom. The Hall–Kier alpha value is -1.84. The van der Waals surface area contributed by atoms with Crippen molar-refractivity contribution in [2.24, 2.45) is 0 Å². The lowest BCUT2D eigenvalue weighted by atomic mass is 9.97. The molecule has 0 radical (unpaired) electrons. The fourth-order valence-corrected chi connectivity index (χ4v) is 2.22. The third kappa shape index (κ3) is 4.59. The molecule has 1 unspecified atom stereocenters. The van der Waals surface area contributed by atoms with Crippen molar-refractivity contribution in [3.05, 3.63) is 65.7 Å². The lowest BCUT2D eigenvalue weighted by molar-refractivity contribution is 0.0778. The summed E-state index contributed by atoms with van der Waals surface area (Å²) in [5.41, 5.74) is 1.57. The minimum absolute atomic E-state index is 0.0449. The van der Waals surface area contributed by atoms with Crippen LogP contribution in [0.4, 0.5) is 0 Å². The van der Waals surface area contributed by atoms with Crippen molar-refractivity contribution < 1.29 is 9.84 Å². The molecule has 0 fully saturated rings. The molecule has 0 heterocycles. The first-order chi connectivity index (χ1) is 9.99. The zero-order chi connectivity index (χ0) is 15.3. The van der Waals surface area contributed by atoms with Gasteiger partial charge in [-0.15, -0.1) is 0 Å². The first-order valence-electron chi connectivity index (χ1n) is 7.14. The van der Waals surface area contributed by atoms with Crippen molar-refractivity contribution in [2.45, 2.75) is 25.5 Å². The molecule has 2 rings (SSSR count). The Morgan fingerprint density at radius 2 is 1.57 bits per heavy atom. The van der Waals surface area contributed by atoms with E-state index in [2.05, 4.69) is 17.4 Å². The van der Waals surface area contributed by atoms with Crippen molar-refractivity contribution >= 4 is 0 Å². The summed E-state index contributed by atoms with van der Waals surface area (Å²) in [6, 6.07) is 18.3. The van der Waals surface area contributed by atoms with Gasteiger partial charge >= 0.3 is 0 Å². The number of ether oxygens (including phenoxy) is 1. The van der Waals surface area contributed by atoms with Crippen LogP contribution in [0.3, 0.4) is 0 Å². The molecule has 0 saturated heterocycles. The van der Waals surface area contributed by atoms with Crippen LogP contribution in [-0.4, -0.2) is 24.4 Å². The Bertz CT molecular complexity index is 544. The molecule has 0 saturated carbocycles. The average molecular weight is 285 g/mol. The van der Waals surface area contributed by atoms with Crippen LogP contribution in [-0.2, 0) is 0 Å². The number of methoxy groups -OCH3 is 1. The molecule has 0 bridgehead atoms. The predicted octanol–water partition coefficient (Wildman–Crippen LogP) is 3.15. The molecular formula is C18H23NO2. The van der Waals surface area contributed by atoms with E-state index in [1.165, 1.54) is 5.56 Å². The van der Waals surface area contributed by atoms with Gasteiger partial charge in [0.25, 0.3) is 0 Å². The van der Waals surface area contributed by atoms with Crippen molar-refractivity contribution in [3.63, 3.8) is 0 Å². The van der Waals surface area contributed by atoms with E-state index >= 15 is 0 Å². The molecule has 0 spiro atoms. The van der Waals surface area contributed by atoms with E-state index in [1.807, 2.05) is 42.5 Å². The smallest absolute Gasteiger partial charge is 0.118 e. The standard InChI is InChI=1S/C18H23NO2/c1-18(2,20)13-19-17(14-7-5-4-6-8-14)15-9-11-16(21-3)12-10-15/h4-12,17,19-20H,13H2,1-3H3. The van der Waals surface area contributed by atoms with Crippen LogP contribution in [0.1, 0.15) is 31.0 Å². The highest BCUT2D eigenvalue weighted by Crippen LogP contribution is 2.24. The van der Waals surface area contributed by atoms with Gasteiger partial charge in [0.15, 0.2) is 0 Å². The lowest BCUT2D eigenvalue weighted by Crippen LogP contribution is -2.37. The van der Waals surface area contributed by atoms with Crippen LogP contribution in [0.5, 0.6) is 5.75 Å². The average Bonchev–Trinajstić information content (AvgIpc) is 2.48. The van der Waals surface area contributed by atoms with Crippen LogP contribution >= 0.6 is 0 Å². The van der Waals surface area contributed by atoms with E-state index in [0.29, 0.717) is 6.54 Å². The molecular weight excluding hydrogens is 262 g/mol. The summed E-state index contributed by atoms with van der Waals surface area (Å²) in [5.74, 6) is 0.841. The van der Waals surface area contributed by atoms with E-state index in [1.54, 1.807) is 21.0 Å². The zero-order valence-corrected chi connectivity index (χ0v) is 12.8. The van der Waals surface area contributed by atoms with Gasteiger partial charge in [0, 0.05) is 6.54 Å². The summed E-state index contributed by atoms with van der Waals surface area (Å²) in [7, 11) is 1.66. The predicted molar refractivity (Wildman–Crippen MR) is 85.6 cm³/mol. The number of aliphatic hydroxyl groups is 1. The Balaban J connectivity index is 2.26. The molecule has 3 nitrogen and oxygen atoms in total. The molecule has 2 aromatic carbocycles. The van der Waals surface area contributed by atoms with Crippen molar-refractivity contribution in [1.82, 2.24) is 5.32 Å². The Kier molecular flexibility index (Phi) is 4.99. The minimum Gasteiger partial charge on any atom is -0.497 e. The SMILES string of the molecule is COc1ccc(C(NCC(C)(C)O)c2ccccc2)cc1. The number of hydrogen-bond acceptors (Lipinski definition) is 3. The molecule has 21 heavy (non-hydrogen) atoms. The Labute approximate surface area is 126 Å². The summed E-state index contributed by atoms with van der Waals surface area (Å²) in [6.45, 7) is 4.12. The number of benzene rings is 2. The quantitative estimate of drug-likeness (QED) is 0.856. The summed E-state index contributed by atoms with van der Waals surface area (Å²) < 4.78 is 5.21. The highest BCUT2D eigenvalue weighted by Gasteiger charge is 2.18. The van der Waals surface area contributed by atoms with Crippen molar-refractivity contribution in [3.8, 4) is 5.75 Å². The monoisotopic (exact) mass is 285 g/mol. The second-order valence-corrected chi connectivity index (χ2v) is 5.81. The van der Waals surface area contributed by atoms with Gasteiger partial charge in [-0.3, -0.25) is 0 Å². The van der Waals surface area contributed by atoms with Crippen LogP contribution in [0, 0.1) is 0 Å². The van der Waals surface area contributed by atoms with Gasteiger partial charge in [-0.1, -0.05) is 42.5 Å². The summed E-state index contributed by atoms with van der Waals surface area (Å²) in [4.78, 5) is 0. The molecule has 112 valence electrons. The molecule has 0 amide bonds. The van der Waals surface area contributed by atoms with Crippen molar-refractivity contribution in [1.29, 1.82) is 0 Å². The van der Waals surface area contributed by atoms with E-state index in [9.17, 15) is 5.11 Å². The van der Waals surface area contributed by atoms with E-state index in [-0.39, 0.29) is 6.04 Å². The fourth-order valence-electron chi connectivity index (χ4n) is 2.22. The maximum Gasteiger partial charge on any atom is 0.118 e. The minimum atomic E-state index is -0.750. The highest BCUT2D eigenvalue weighted by molar-refractivity contribution is 5.35. The van der Waals surface area contributed by atoms with E-state index < -0.39 is 5.60 Å². The van der Waals surface area contributed by atoms with Gasteiger partial charge in [0.2, 0.25) is 0 Å². The van der Waals surface area contributed by atoms with Crippen LogP contribution in [0.2, 0.25) is 0 Å². The Morgan fingerprint density at radius 3 is 2.10 bits per heavy atom. The topological polar surface area (TPSA) is 41.5 Å². The second kappa shape index (κ2) is 6.74. The maximum absolute atomic E-state index is 9.96. The molecule has 3 heteroatoms. The molecule has 0 aliphatic carbocycles. The first-order valence-corrected chi connectivity index (χ1v) is 7.14. The molecule has 0 aromatic heterocycles. The molecule has 1 atom stereocenters. The summed E-state index contributed by atoms with van der Waals surface area (Å²) in [5, 5.41) is 13.4. The van der Waals surface area contributed by atoms with Gasteiger partial charge in [-0.2, -0.15) is 0 Å². The molecule has 0 aliphatic heterocycles. The van der Waals surface area contributed by atoms with E-state index in [0.717, 1.165) is 11.3 Å². The largest absolute Gasteiger partial charge is 0.497 e. The maximum atomic E-state index is 9.96. The first kappa shape index (κ1) is 15.5. The third-order valence-corrected chi connectivity index (χ3v) is 3.32. The van der Waals surface area contributed by atoms with Crippen molar-refractivity contribution in [2.75, 3.05) is 13.7 Å². The number of rotatable bonds is 6. The second-order valence-electron chi connectivity index (χ2n) is 5.81. The lowest BCUT2D eigenvalue weighted by Gasteiger charge is -2.25. The van der Waals surface area contributed by atoms with E-state index in [4.69, 9.17) is 4.74 Å². The molecule has 2 N–H and O–H groups in total. The van der Waals surface area contributed by atoms with Crippen LogP contribution in [0.15, 0.2) is 54.6 Å². The van der Waals surface area contributed by atoms with Gasteiger partial charge in [0.1, 0.15) is 5.75 Å². The number of hydrogen-bond donors (Lipinski definition) is 2. The van der Waals surface area contributed by atoms with Gasteiger partial charge in [-0.05, 0) is 37.1 Å². The highest BCUT2D eigenvalue weighted by atomic mass is 16.5. The normalized spacial score (nSPS) is 13.0. The van der Waals surface area contributed by atoms with Gasteiger partial charge in [0.05, 0.1) is 18.8 Å². The molecule has 2 aromatic rings. The van der Waals surface area contributed by atoms with Crippen LogP contribution in [0.25, 0.3) is 0 Å². The fraction of sp³-hybridized carbons (Fsp3) is 0.333. The van der Waals surface area contributed by atoms with Crippen LogP contribution < -0.4 is 10.1 Å². The summed E-state index contributed by atoms with van der Waals surface area (Å²) >= 11 is 0. The zero-order valence-electron chi connectivity index (χ0n) is 12.8.